The normalized spacial score (nSPS) is 12.8. The minimum atomic E-state index is -0.203. The zero-order valence-electron chi connectivity index (χ0n) is 8.66. The zero-order chi connectivity index (χ0) is 11.2. The van der Waals surface area contributed by atoms with Gasteiger partial charge in [0.1, 0.15) is 0 Å². The summed E-state index contributed by atoms with van der Waals surface area (Å²) >= 11 is 11.0. The largest absolute Gasteiger partial charge is 0.350 e. The van der Waals surface area contributed by atoms with E-state index in [4.69, 9.17) is 23.2 Å². The maximum atomic E-state index is 11.3. The fourth-order valence-electron chi connectivity index (χ4n) is 0.796. The van der Waals surface area contributed by atoms with Crippen molar-refractivity contribution in [3.05, 3.63) is 10.6 Å². The Kier molecular flexibility index (Phi) is 6.16. The molecule has 0 heterocycles. The summed E-state index contributed by atoms with van der Waals surface area (Å²) in [4.78, 5) is 11.3. The third kappa shape index (κ3) is 8.35. The molecule has 3 nitrogen and oxygen atoms in total. The van der Waals surface area contributed by atoms with E-state index < -0.39 is 0 Å². The van der Waals surface area contributed by atoms with E-state index in [1.165, 1.54) is 5.54 Å². The monoisotopic (exact) mass is 238 g/mol. The summed E-state index contributed by atoms with van der Waals surface area (Å²) in [5.41, 5.74) is 1.07. The quantitative estimate of drug-likeness (QED) is 0.785. The zero-order valence-corrected chi connectivity index (χ0v) is 10.2. The van der Waals surface area contributed by atoms with Crippen molar-refractivity contribution >= 4 is 29.1 Å². The summed E-state index contributed by atoms with van der Waals surface area (Å²) in [7, 11) is 0. The number of halogens is 2. The van der Waals surface area contributed by atoms with Crippen LogP contribution in [0.25, 0.3) is 0 Å². The maximum absolute atomic E-state index is 11.3. The van der Waals surface area contributed by atoms with Gasteiger partial charge in [-0.1, -0.05) is 23.2 Å². The second kappa shape index (κ2) is 6.27. The molecule has 0 rings (SSSR count). The average molecular weight is 239 g/mol. The topological polar surface area (TPSA) is 41.1 Å². The number of hydrogen-bond donors (Lipinski definition) is 2. The fraction of sp³-hybridized carbons (Fsp3) is 0.667. The Hall–Kier alpha value is -0.250. The first kappa shape index (κ1) is 13.8. The molecule has 0 aliphatic heterocycles. The van der Waals surface area contributed by atoms with Gasteiger partial charge in [-0.15, -0.1) is 0 Å². The van der Waals surface area contributed by atoms with Crippen molar-refractivity contribution < 1.29 is 4.79 Å². The van der Waals surface area contributed by atoms with Gasteiger partial charge in [-0.05, 0) is 20.8 Å². The highest BCUT2D eigenvalue weighted by atomic mass is 35.5. The number of hydrogen-bond acceptors (Lipinski definition) is 2. The molecule has 0 aliphatic rings. The first-order valence-corrected chi connectivity index (χ1v) is 5.13. The molecule has 0 spiro atoms. The minimum absolute atomic E-state index is 0.0588. The number of carbonyl (C=O) groups is 1. The number of nitrogens with one attached hydrogen (secondary N) is 2. The van der Waals surface area contributed by atoms with Gasteiger partial charge in [0.05, 0.1) is 6.54 Å². The molecule has 0 aromatic carbocycles. The van der Waals surface area contributed by atoms with Crippen LogP contribution in [-0.2, 0) is 4.79 Å². The molecule has 0 saturated carbocycles. The van der Waals surface area contributed by atoms with E-state index in [1.54, 1.807) is 0 Å². The highest BCUT2D eigenvalue weighted by Gasteiger charge is 2.12. The lowest BCUT2D eigenvalue weighted by molar-refractivity contribution is -0.121. The number of rotatable bonds is 4. The Morgan fingerprint density at radius 1 is 1.36 bits per heavy atom. The van der Waals surface area contributed by atoms with E-state index in [9.17, 15) is 4.79 Å². The molecular weight excluding hydrogens is 223 g/mol. The second-order valence-corrected chi connectivity index (χ2v) is 4.66. The Morgan fingerprint density at radius 3 is 2.36 bits per heavy atom. The molecule has 0 atom stereocenters. The van der Waals surface area contributed by atoms with E-state index in [2.05, 4.69) is 10.6 Å². The molecular formula is C9H16Cl2N2O. The summed E-state index contributed by atoms with van der Waals surface area (Å²) in [6.45, 7) is 6.42. The summed E-state index contributed by atoms with van der Waals surface area (Å²) in [6, 6.07) is 0. The van der Waals surface area contributed by atoms with Crippen LogP contribution < -0.4 is 10.6 Å². The van der Waals surface area contributed by atoms with Crippen molar-refractivity contribution in [2.24, 2.45) is 0 Å². The summed E-state index contributed by atoms with van der Waals surface area (Å²) in [6.07, 6.45) is 0. The van der Waals surface area contributed by atoms with Crippen molar-refractivity contribution in [1.29, 1.82) is 0 Å². The van der Waals surface area contributed by atoms with Crippen LogP contribution in [0, 0.1) is 0 Å². The molecule has 0 bridgehead atoms. The van der Waals surface area contributed by atoms with Gasteiger partial charge in [0, 0.05) is 22.7 Å². The van der Waals surface area contributed by atoms with Gasteiger partial charge in [0.2, 0.25) is 5.91 Å². The molecule has 0 saturated heterocycles. The van der Waals surface area contributed by atoms with E-state index in [-0.39, 0.29) is 18.0 Å². The molecule has 0 radical (unpaired) electrons. The Morgan fingerprint density at radius 2 is 1.93 bits per heavy atom. The number of amides is 1. The maximum Gasteiger partial charge on any atom is 0.234 e. The van der Waals surface area contributed by atoms with Crippen LogP contribution in [0.5, 0.6) is 0 Å². The van der Waals surface area contributed by atoms with E-state index in [0.717, 1.165) is 0 Å². The van der Waals surface area contributed by atoms with Crippen molar-refractivity contribution in [3.8, 4) is 0 Å². The molecule has 14 heavy (non-hydrogen) atoms. The lowest BCUT2D eigenvalue weighted by Gasteiger charge is -2.20. The Bertz CT molecular complexity index is 221. The fourth-order valence-corrected chi connectivity index (χ4v) is 0.968. The van der Waals surface area contributed by atoms with E-state index in [1.807, 2.05) is 20.8 Å². The average Bonchev–Trinajstić information content (AvgIpc) is 2.00. The molecule has 0 fully saturated rings. The molecule has 0 aliphatic carbocycles. The molecule has 1 amide bonds. The van der Waals surface area contributed by atoms with Crippen molar-refractivity contribution in [1.82, 2.24) is 10.6 Å². The van der Waals surface area contributed by atoms with Gasteiger partial charge in [-0.25, -0.2) is 0 Å². The molecule has 0 aromatic rings. The SMILES string of the molecule is CC(C)(C)NC(=O)CNCC(Cl)=CCl. The third-order valence-electron chi connectivity index (χ3n) is 1.21. The standard InChI is InChI=1S/C9H16Cl2N2O/c1-9(2,3)13-8(14)6-12-5-7(11)4-10/h4,12H,5-6H2,1-3H3,(H,13,14). The number of carbonyl (C=O) groups excluding carboxylic acids is 1. The first-order chi connectivity index (χ1) is 6.35. The Balaban J connectivity index is 3.66. The van der Waals surface area contributed by atoms with Crippen molar-refractivity contribution in [2.75, 3.05) is 13.1 Å². The lowest BCUT2D eigenvalue weighted by atomic mass is 10.1. The van der Waals surface area contributed by atoms with Gasteiger partial charge in [0.15, 0.2) is 0 Å². The van der Waals surface area contributed by atoms with Crippen LogP contribution in [0.1, 0.15) is 20.8 Å². The van der Waals surface area contributed by atoms with Crippen LogP contribution in [-0.4, -0.2) is 24.5 Å². The van der Waals surface area contributed by atoms with Crippen LogP contribution in [0.15, 0.2) is 10.6 Å². The smallest absolute Gasteiger partial charge is 0.234 e. The van der Waals surface area contributed by atoms with Gasteiger partial charge in [-0.3, -0.25) is 4.79 Å². The van der Waals surface area contributed by atoms with Gasteiger partial charge in [-0.2, -0.15) is 0 Å². The van der Waals surface area contributed by atoms with Gasteiger partial charge < -0.3 is 10.6 Å². The predicted molar refractivity (Wildman–Crippen MR) is 60.6 cm³/mol. The van der Waals surface area contributed by atoms with Crippen LogP contribution in [0.3, 0.4) is 0 Å². The molecule has 2 N–H and O–H groups in total. The second-order valence-electron chi connectivity index (χ2n) is 3.96. The molecule has 0 aromatic heterocycles. The first-order valence-electron chi connectivity index (χ1n) is 4.31. The minimum Gasteiger partial charge on any atom is -0.350 e. The molecule has 82 valence electrons. The third-order valence-corrected chi connectivity index (χ3v) is 1.83. The van der Waals surface area contributed by atoms with Crippen LogP contribution >= 0.6 is 23.2 Å². The molecule has 5 heteroatoms. The summed E-state index contributed by atoms with van der Waals surface area (Å²) in [5, 5.41) is 6.16. The summed E-state index contributed by atoms with van der Waals surface area (Å²) < 4.78 is 0. The highest BCUT2D eigenvalue weighted by Crippen LogP contribution is 2.00. The lowest BCUT2D eigenvalue weighted by Crippen LogP contribution is -2.45. The van der Waals surface area contributed by atoms with E-state index in [0.29, 0.717) is 11.6 Å². The Labute approximate surface area is 94.8 Å². The highest BCUT2D eigenvalue weighted by molar-refractivity contribution is 6.36. The van der Waals surface area contributed by atoms with Crippen LogP contribution in [0.4, 0.5) is 0 Å². The molecule has 0 unspecified atom stereocenters. The van der Waals surface area contributed by atoms with Crippen molar-refractivity contribution in [3.63, 3.8) is 0 Å². The van der Waals surface area contributed by atoms with Gasteiger partial charge in [0.25, 0.3) is 0 Å². The van der Waals surface area contributed by atoms with Crippen molar-refractivity contribution in [2.45, 2.75) is 26.3 Å². The van der Waals surface area contributed by atoms with E-state index >= 15 is 0 Å². The van der Waals surface area contributed by atoms with Gasteiger partial charge >= 0.3 is 0 Å². The van der Waals surface area contributed by atoms with Crippen LogP contribution in [0.2, 0.25) is 0 Å². The summed E-state index contributed by atoms with van der Waals surface area (Å²) in [5.74, 6) is -0.0588. The predicted octanol–water partition coefficient (Wildman–Crippen LogP) is 1.81.